The Morgan fingerprint density at radius 2 is 1.79 bits per heavy atom. The molecule has 3 unspecified atom stereocenters. The van der Waals surface area contributed by atoms with Crippen molar-refractivity contribution >= 4 is 58.2 Å². The van der Waals surface area contributed by atoms with Crippen LogP contribution in [0.4, 0.5) is 34.3 Å². The van der Waals surface area contributed by atoms with Crippen molar-refractivity contribution in [3.05, 3.63) is 76.5 Å². The Kier molecular flexibility index (Phi) is 13.7. The molecular weight excluding hydrogens is 771 g/mol. The molecule has 5 amide bonds. The van der Waals surface area contributed by atoms with Crippen molar-refractivity contribution in [3.8, 4) is 5.75 Å². The van der Waals surface area contributed by atoms with Crippen molar-refractivity contribution in [1.82, 2.24) is 35.8 Å². The summed E-state index contributed by atoms with van der Waals surface area (Å²) in [5.41, 5.74) is 2.19. The number of urea groups is 1. The third-order valence-corrected chi connectivity index (χ3v) is 9.76. The Hall–Kier alpha value is -5.78. The highest BCUT2D eigenvalue weighted by Crippen LogP contribution is 2.42. The number of nitrogens with zero attached hydrogens (tertiary/aromatic N) is 3. The van der Waals surface area contributed by atoms with Gasteiger partial charge in [-0.3, -0.25) is 9.59 Å². The molecule has 0 spiro atoms. The van der Waals surface area contributed by atoms with Gasteiger partial charge in [-0.2, -0.15) is 0 Å². The minimum atomic E-state index is -5.04. The van der Waals surface area contributed by atoms with Gasteiger partial charge in [0, 0.05) is 44.5 Å². The number of imidazole rings is 1. The molecule has 15 nitrogen and oxygen atoms in total. The van der Waals surface area contributed by atoms with Gasteiger partial charge in [0.25, 0.3) is 5.91 Å². The van der Waals surface area contributed by atoms with Crippen LogP contribution in [-0.2, 0) is 9.53 Å². The Morgan fingerprint density at radius 3 is 2.42 bits per heavy atom. The van der Waals surface area contributed by atoms with E-state index in [-0.39, 0.29) is 51.7 Å². The molecular formula is C38H45ClF3N9O6. The first-order valence-corrected chi connectivity index (χ1v) is 18.6. The molecule has 1 aromatic carbocycles. The van der Waals surface area contributed by atoms with Crippen molar-refractivity contribution in [3.63, 3.8) is 0 Å². The molecule has 306 valence electrons. The van der Waals surface area contributed by atoms with E-state index in [4.69, 9.17) is 16.3 Å². The number of aromatic amines is 1. The van der Waals surface area contributed by atoms with Gasteiger partial charge in [0.1, 0.15) is 23.4 Å². The molecule has 57 heavy (non-hydrogen) atoms. The van der Waals surface area contributed by atoms with Crippen LogP contribution >= 0.6 is 11.6 Å². The van der Waals surface area contributed by atoms with Crippen LogP contribution in [0.2, 0.25) is 5.02 Å². The maximum atomic E-state index is 13.7. The maximum Gasteiger partial charge on any atom is 0.573 e. The van der Waals surface area contributed by atoms with Crippen molar-refractivity contribution in [1.29, 1.82) is 0 Å². The number of allylic oxidation sites excluding steroid dienone is 4. The van der Waals surface area contributed by atoms with Gasteiger partial charge in [-0.15, -0.1) is 13.2 Å². The summed E-state index contributed by atoms with van der Waals surface area (Å²) in [6, 6.07) is 3.89. The van der Waals surface area contributed by atoms with E-state index in [1.165, 1.54) is 32.5 Å². The molecule has 3 heterocycles. The number of nitrogens with one attached hydrogen (secondary N) is 6. The number of hydrogen-bond acceptors (Lipinski definition) is 9. The standard InChI is InChI=1S/C38H45ClF3N9O6/c1-20(2)32(50-37(55)56-5)35(53)51-19-21(3)14-29(51)33-47-18-28(48-33)23-8-6-22(7-9-23)25-15-26(39)27(16-30(25)57-38(40,41)42)49-34(52)24-10-11-31(46-17-24)44-12-13-45-36(54)43-4/h6,8,10-11,15-18,20-21,29,32H,7,9,12-14,19H2,1-5H3,(H,44,46)(H,47,48)(H,49,52)(H,50,55)(H2,43,45,54). The second kappa shape index (κ2) is 18.4. The molecule has 1 aliphatic carbocycles. The number of pyridine rings is 1. The number of ether oxygens (including phenoxy) is 2. The van der Waals surface area contributed by atoms with Gasteiger partial charge < -0.3 is 45.9 Å². The lowest BCUT2D eigenvalue weighted by molar-refractivity contribution is -0.274. The molecule has 3 aromatic rings. The fraction of sp³-hybridized carbons (Fsp3) is 0.421. The number of benzene rings is 1. The van der Waals surface area contributed by atoms with E-state index in [0.29, 0.717) is 61.8 Å². The third kappa shape index (κ3) is 11.0. The average molecular weight is 816 g/mol. The van der Waals surface area contributed by atoms with E-state index in [2.05, 4.69) is 46.3 Å². The van der Waals surface area contributed by atoms with Gasteiger partial charge in [0.05, 0.1) is 41.3 Å². The summed E-state index contributed by atoms with van der Waals surface area (Å²) in [4.78, 5) is 63.8. The van der Waals surface area contributed by atoms with Crippen molar-refractivity contribution in [2.45, 2.75) is 58.5 Å². The van der Waals surface area contributed by atoms with E-state index in [1.807, 2.05) is 20.8 Å². The van der Waals surface area contributed by atoms with E-state index < -0.39 is 30.2 Å². The minimum Gasteiger partial charge on any atom is -0.453 e. The zero-order valence-electron chi connectivity index (χ0n) is 32.0. The SMILES string of the molecule is CNC(=O)NCCNc1ccc(C(=O)Nc2cc(OC(F)(F)F)c(C3=CC=C(c4cnc(C5CC(C)CN5C(=O)C(NC(=O)OC)C(C)C)[nH]4)CC3)cc2Cl)cn1. The molecule has 0 radical (unpaired) electrons. The number of anilines is 2. The minimum absolute atomic E-state index is 0.0111. The van der Waals surface area contributed by atoms with Crippen LogP contribution < -0.4 is 31.3 Å². The number of rotatable bonds is 13. The first-order valence-electron chi connectivity index (χ1n) is 18.2. The van der Waals surface area contributed by atoms with Gasteiger partial charge in [0.15, 0.2) is 0 Å². The number of amides is 5. The van der Waals surface area contributed by atoms with E-state index in [0.717, 1.165) is 11.6 Å². The molecule has 0 bridgehead atoms. The highest BCUT2D eigenvalue weighted by atomic mass is 35.5. The second-order valence-electron chi connectivity index (χ2n) is 14.0. The summed E-state index contributed by atoms with van der Waals surface area (Å²) >= 11 is 6.53. The number of carbonyl (C=O) groups is 4. The summed E-state index contributed by atoms with van der Waals surface area (Å²) < 4.78 is 50.1. The molecule has 2 aromatic heterocycles. The number of alkyl halides is 3. The summed E-state index contributed by atoms with van der Waals surface area (Å²) in [5, 5.41) is 13.2. The number of methoxy groups -OCH3 is 1. The van der Waals surface area contributed by atoms with Crippen LogP contribution in [0.5, 0.6) is 5.75 Å². The largest absolute Gasteiger partial charge is 0.573 e. The zero-order valence-corrected chi connectivity index (χ0v) is 32.7. The van der Waals surface area contributed by atoms with Crippen molar-refractivity contribution < 1.29 is 41.8 Å². The van der Waals surface area contributed by atoms with Crippen LogP contribution in [0.15, 0.2) is 48.8 Å². The Bertz CT molecular complexity index is 2020. The zero-order chi connectivity index (χ0) is 41.4. The fourth-order valence-electron chi connectivity index (χ4n) is 6.57. The first kappa shape index (κ1) is 42.4. The molecule has 1 saturated heterocycles. The fourth-order valence-corrected chi connectivity index (χ4v) is 6.78. The molecule has 19 heteroatoms. The average Bonchev–Trinajstić information content (AvgIpc) is 3.83. The van der Waals surface area contributed by atoms with Crippen LogP contribution in [0.3, 0.4) is 0 Å². The monoisotopic (exact) mass is 815 g/mol. The van der Waals surface area contributed by atoms with Gasteiger partial charge in [-0.05, 0) is 60.4 Å². The Morgan fingerprint density at radius 1 is 1.05 bits per heavy atom. The number of hydrogen-bond donors (Lipinski definition) is 6. The van der Waals surface area contributed by atoms with Gasteiger partial charge in [-0.1, -0.05) is 44.5 Å². The van der Waals surface area contributed by atoms with Crippen LogP contribution in [-0.4, -0.2) is 90.0 Å². The second-order valence-corrected chi connectivity index (χ2v) is 14.4. The number of carbonyl (C=O) groups excluding carboxylic acids is 4. The first-order chi connectivity index (χ1) is 27.1. The number of aromatic nitrogens is 3. The van der Waals surface area contributed by atoms with Gasteiger partial charge >= 0.3 is 18.5 Å². The highest BCUT2D eigenvalue weighted by molar-refractivity contribution is 6.34. The van der Waals surface area contributed by atoms with E-state index >= 15 is 0 Å². The molecule has 5 rings (SSSR count). The summed E-state index contributed by atoms with van der Waals surface area (Å²) in [6.07, 6.45) is 2.09. The van der Waals surface area contributed by atoms with E-state index in [1.54, 1.807) is 29.3 Å². The molecule has 2 aliphatic rings. The lowest BCUT2D eigenvalue weighted by Gasteiger charge is -2.30. The number of halogens is 4. The number of H-pyrrole nitrogens is 1. The molecule has 1 fully saturated rings. The molecule has 6 N–H and O–H groups in total. The van der Waals surface area contributed by atoms with Gasteiger partial charge in [-0.25, -0.2) is 19.6 Å². The number of likely N-dealkylation sites (tertiary alicyclic amines) is 1. The predicted octanol–water partition coefficient (Wildman–Crippen LogP) is 6.50. The predicted molar refractivity (Wildman–Crippen MR) is 207 cm³/mol. The summed E-state index contributed by atoms with van der Waals surface area (Å²) in [6.45, 7) is 6.89. The highest BCUT2D eigenvalue weighted by Gasteiger charge is 2.40. The lowest BCUT2D eigenvalue weighted by Crippen LogP contribution is -2.51. The van der Waals surface area contributed by atoms with Crippen LogP contribution in [0, 0.1) is 11.8 Å². The van der Waals surface area contributed by atoms with Gasteiger partial charge in [0.2, 0.25) is 5.91 Å². The quantitative estimate of drug-likeness (QED) is 0.105. The molecule has 1 aliphatic heterocycles. The Labute approximate surface area is 332 Å². The third-order valence-electron chi connectivity index (χ3n) is 9.45. The summed E-state index contributed by atoms with van der Waals surface area (Å²) in [5.74, 6) is -0.435. The maximum absolute atomic E-state index is 13.7. The van der Waals surface area contributed by atoms with Crippen LogP contribution in [0.1, 0.15) is 73.5 Å². The Balaban J connectivity index is 1.31. The van der Waals surface area contributed by atoms with Crippen molar-refractivity contribution in [2.24, 2.45) is 11.8 Å². The lowest BCUT2D eigenvalue weighted by atomic mass is 9.91. The smallest absolute Gasteiger partial charge is 0.453 e. The van der Waals surface area contributed by atoms with Crippen LogP contribution in [0.25, 0.3) is 11.1 Å². The molecule has 3 atom stereocenters. The topological polar surface area (TPSA) is 192 Å². The summed E-state index contributed by atoms with van der Waals surface area (Å²) in [7, 11) is 2.74. The number of alkyl carbamates (subject to hydrolysis) is 1. The van der Waals surface area contributed by atoms with Crippen molar-refractivity contribution in [2.75, 3.05) is 44.4 Å². The normalized spacial score (nSPS) is 17.3. The molecule has 0 saturated carbocycles. The van der Waals surface area contributed by atoms with E-state index in [9.17, 15) is 32.3 Å².